The average Bonchev–Trinajstić information content (AvgIpc) is 2.97. The highest BCUT2D eigenvalue weighted by molar-refractivity contribution is 5.99. The minimum Gasteiger partial charge on any atom is -0.350 e. The van der Waals surface area contributed by atoms with E-state index in [1.54, 1.807) is 6.07 Å². The Balaban J connectivity index is 2.11. The van der Waals surface area contributed by atoms with Crippen molar-refractivity contribution in [1.29, 1.82) is 0 Å². The zero-order chi connectivity index (χ0) is 17.0. The lowest BCUT2D eigenvalue weighted by Crippen LogP contribution is -2.31. The number of amides is 2. The molecule has 0 radical (unpaired) electrons. The van der Waals surface area contributed by atoms with Crippen LogP contribution in [-0.2, 0) is 4.79 Å². The van der Waals surface area contributed by atoms with Crippen molar-refractivity contribution in [2.45, 2.75) is 46.1 Å². The molecule has 2 amide bonds. The lowest BCUT2D eigenvalue weighted by molar-refractivity contribution is -0.120. The van der Waals surface area contributed by atoms with Gasteiger partial charge in [-0.3, -0.25) is 9.59 Å². The van der Waals surface area contributed by atoms with Crippen LogP contribution in [0.15, 0.2) is 18.2 Å². The molecule has 0 heterocycles. The second-order valence-corrected chi connectivity index (χ2v) is 6.68. The third-order valence-electron chi connectivity index (χ3n) is 4.47. The van der Waals surface area contributed by atoms with Crippen molar-refractivity contribution >= 4 is 17.5 Å². The zero-order valence-electron chi connectivity index (χ0n) is 14.2. The molecule has 1 aromatic carbocycles. The van der Waals surface area contributed by atoms with Gasteiger partial charge in [0, 0.05) is 23.2 Å². The third-order valence-corrected chi connectivity index (χ3v) is 4.47. The number of benzene rings is 1. The molecule has 5 heteroatoms. The van der Waals surface area contributed by atoms with E-state index >= 15 is 0 Å². The van der Waals surface area contributed by atoms with Gasteiger partial charge in [-0.05, 0) is 63.8 Å². The number of hydrogen-bond donors (Lipinski definition) is 3. The molecule has 0 saturated heterocycles. The second-order valence-electron chi connectivity index (χ2n) is 6.68. The number of nitrogens with two attached hydrogens (primary N) is 1. The summed E-state index contributed by atoms with van der Waals surface area (Å²) in [7, 11) is 0. The number of nitrogens with one attached hydrogen (secondary N) is 2. The molecule has 0 aliphatic heterocycles. The summed E-state index contributed by atoms with van der Waals surface area (Å²) in [4.78, 5) is 24.7. The Labute approximate surface area is 138 Å². The first-order valence-corrected chi connectivity index (χ1v) is 8.34. The van der Waals surface area contributed by atoms with Gasteiger partial charge in [0.05, 0.1) is 0 Å². The van der Waals surface area contributed by atoms with Gasteiger partial charge in [-0.25, -0.2) is 0 Å². The van der Waals surface area contributed by atoms with Crippen molar-refractivity contribution in [1.82, 2.24) is 5.32 Å². The van der Waals surface area contributed by atoms with Crippen molar-refractivity contribution in [2.24, 2.45) is 17.6 Å². The van der Waals surface area contributed by atoms with E-state index in [2.05, 4.69) is 10.6 Å². The number of aryl methyl sites for hydroxylation is 1. The lowest BCUT2D eigenvalue weighted by Gasteiger charge is -2.18. The van der Waals surface area contributed by atoms with E-state index in [0.29, 0.717) is 17.8 Å². The molecule has 2 rings (SSSR count). The molecule has 1 aromatic rings. The predicted molar refractivity (Wildman–Crippen MR) is 92.3 cm³/mol. The van der Waals surface area contributed by atoms with Gasteiger partial charge in [0.15, 0.2) is 0 Å². The molecule has 0 aromatic heterocycles. The highest BCUT2D eigenvalue weighted by Gasteiger charge is 2.31. The Morgan fingerprint density at radius 1 is 1.30 bits per heavy atom. The molecule has 0 spiro atoms. The highest BCUT2D eigenvalue weighted by Crippen LogP contribution is 2.32. The average molecular weight is 317 g/mol. The van der Waals surface area contributed by atoms with E-state index in [9.17, 15) is 9.59 Å². The molecule has 126 valence electrons. The number of carbonyl (C=O) groups is 2. The molecule has 23 heavy (non-hydrogen) atoms. The molecule has 5 nitrogen and oxygen atoms in total. The molecule has 1 aliphatic carbocycles. The minimum absolute atomic E-state index is 0.0111. The maximum Gasteiger partial charge on any atom is 0.251 e. The van der Waals surface area contributed by atoms with Gasteiger partial charge >= 0.3 is 0 Å². The van der Waals surface area contributed by atoms with Crippen LogP contribution in [0.25, 0.3) is 0 Å². The number of anilines is 1. The molecule has 1 saturated carbocycles. The van der Waals surface area contributed by atoms with Crippen LogP contribution in [0.2, 0.25) is 0 Å². The zero-order valence-corrected chi connectivity index (χ0v) is 14.2. The standard InChI is InChI=1S/C18H27N3O2/c1-11(2)20-18(23)16-9-14(8-7-12(16)3)21-17(22)15-6-4-5-13(15)10-19/h7-9,11,13,15H,4-6,10,19H2,1-3H3,(H,20,23)(H,21,22)/t13-,15-/m1/s1. The van der Waals surface area contributed by atoms with Gasteiger partial charge in [0.2, 0.25) is 5.91 Å². The van der Waals surface area contributed by atoms with Gasteiger partial charge in [-0.2, -0.15) is 0 Å². The molecule has 0 unspecified atom stereocenters. The summed E-state index contributed by atoms with van der Waals surface area (Å²) < 4.78 is 0. The first-order chi connectivity index (χ1) is 10.9. The summed E-state index contributed by atoms with van der Waals surface area (Å²) in [5, 5.41) is 5.83. The Morgan fingerprint density at radius 2 is 2.04 bits per heavy atom. The summed E-state index contributed by atoms with van der Waals surface area (Å²) in [6.45, 7) is 6.29. The van der Waals surface area contributed by atoms with E-state index < -0.39 is 0 Å². The summed E-state index contributed by atoms with van der Waals surface area (Å²) in [6.07, 6.45) is 2.96. The van der Waals surface area contributed by atoms with Gasteiger partial charge in [0.25, 0.3) is 5.91 Å². The second kappa shape index (κ2) is 7.59. The molecule has 1 fully saturated rings. The van der Waals surface area contributed by atoms with Crippen LogP contribution in [0.3, 0.4) is 0 Å². The molecular formula is C18H27N3O2. The maximum atomic E-state index is 12.5. The topological polar surface area (TPSA) is 84.2 Å². The molecular weight excluding hydrogens is 290 g/mol. The molecule has 4 N–H and O–H groups in total. The minimum atomic E-state index is -0.116. The van der Waals surface area contributed by atoms with Crippen molar-refractivity contribution in [3.05, 3.63) is 29.3 Å². The van der Waals surface area contributed by atoms with Gasteiger partial charge in [-0.15, -0.1) is 0 Å². The normalized spacial score (nSPS) is 20.6. The van der Waals surface area contributed by atoms with Crippen molar-refractivity contribution < 1.29 is 9.59 Å². The quantitative estimate of drug-likeness (QED) is 0.780. The Bertz CT molecular complexity index is 584. The Kier molecular flexibility index (Phi) is 5.77. The van der Waals surface area contributed by atoms with E-state index in [1.165, 1.54) is 0 Å². The fourth-order valence-electron chi connectivity index (χ4n) is 3.18. The van der Waals surface area contributed by atoms with Crippen LogP contribution < -0.4 is 16.4 Å². The lowest BCUT2D eigenvalue weighted by atomic mass is 9.95. The van der Waals surface area contributed by atoms with Crippen molar-refractivity contribution in [2.75, 3.05) is 11.9 Å². The smallest absolute Gasteiger partial charge is 0.251 e. The first kappa shape index (κ1) is 17.5. The molecule has 0 bridgehead atoms. The largest absolute Gasteiger partial charge is 0.350 e. The van der Waals surface area contributed by atoms with Gasteiger partial charge in [-0.1, -0.05) is 12.5 Å². The van der Waals surface area contributed by atoms with Gasteiger partial charge in [0.1, 0.15) is 0 Å². The fraction of sp³-hybridized carbons (Fsp3) is 0.556. The van der Waals surface area contributed by atoms with Crippen LogP contribution in [-0.4, -0.2) is 24.4 Å². The summed E-state index contributed by atoms with van der Waals surface area (Å²) in [5.74, 6) is 0.143. The van der Waals surface area contributed by atoms with Gasteiger partial charge < -0.3 is 16.4 Å². The molecule has 2 atom stereocenters. The fourth-order valence-corrected chi connectivity index (χ4v) is 3.18. The van der Waals surface area contributed by atoms with Crippen LogP contribution in [0.1, 0.15) is 49.0 Å². The highest BCUT2D eigenvalue weighted by atomic mass is 16.2. The molecule has 1 aliphatic rings. The van der Waals surface area contributed by atoms with Crippen LogP contribution >= 0.6 is 0 Å². The maximum absolute atomic E-state index is 12.5. The SMILES string of the molecule is Cc1ccc(NC(=O)[C@@H]2CCC[C@@H]2CN)cc1C(=O)NC(C)C. The van der Waals surface area contributed by atoms with E-state index in [4.69, 9.17) is 5.73 Å². The van der Waals surface area contributed by atoms with Crippen LogP contribution in [0.4, 0.5) is 5.69 Å². The van der Waals surface area contributed by atoms with E-state index in [-0.39, 0.29) is 29.7 Å². The summed E-state index contributed by atoms with van der Waals surface area (Å²) >= 11 is 0. The Hall–Kier alpha value is -1.88. The van der Waals surface area contributed by atoms with E-state index in [1.807, 2.05) is 32.9 Å². The number of rotatable bonds is 5. The monoisotopic (exact) mass is 317 g/mol. The Morgan fingerprint density at radius 3 is 2.70 bits per heavy atom. The number of carbonyl (C=O) groups excluding carboxylic acids is 2. The predicted octanol–water partition coefficient (Wildman–Crippen LogP) is 2.45. The first-order valence-electron chi connectivity index (χ1n) is 8.34. The summed E-state index contributed by atoms with van der Waals surface area (Å²) in [5.41, 5.74) is 7.90. The van der Waals surface area contributed by atoms with E-state index in [0.717, 1.165) is 24.8 Å². The number of hydrogen-bond acceptors (Lipinski definition) is 3. The third kappa shape index (κ3) is 4.32. The van der Waals surface area contributed by atoms with Crippen molar-refractivity contribution in [3.63, 3.8) is 0 Å². The van der Waals surface area contributed by atoms with Crippen LogP contribution in [0.5, 0.6) is 0 Å². The van der Waals surface area contributed by atoms with Crippen molar-refractivity contribution in [3.8, 4) is 0 Å². The van der Waals surface area contributed by atoms with Crippen LogP contribution in [0, 0.1) is 18.8 Å². The summed E-state index contributed by atoms with van der Waals surface area (Å²) in [6, 6.07) is 5.52.